The molecule has 1 aromatic carbocycles. The van der Waals surface area contributed by atoms with Crippen molar-refractivity contribution in [2.24, 2.45) is 0 Å². The van der Waals surface area contributed by atoms with Gasteiger partial charge in [0.15, 0.2) is 0 Å². The van der Waals surface area contributed by atoms with Crippen molar-refractivity contribution in [1.29, 1.82) is 0 Å². The van der Waals surface area contributed by atoms with E-state index in [-0.39, 0.29) is 6.03 Å². The predicted molar refractivity (Wildman–Crippen MR) is 65.2 cm³/mol. The highest BCUT2D eigenvalue weighted by Crippen LogP contribution is 2.07. The highest BCUT2D eigenvalue weighted by Gasteiger charge is 1.98. The molecule has 5 heteroatoms. The zero-order valence-corrected chi connectivity index (χ0v) is 9.94. The molecule has 17 heavy (non-hydrogen) atoms. The van der Waals surface area contributed by atoms with Gasteiger partial charge >= 0.3 is 6.03 Å². The number of nitrogens with one attached hydrogen (secondary N) is 2. The average molecular weight is 238 g/mol. The van der Waals surface area contributed by atoms with E-state index in [1.165, 1.54) is 0 Å². The second-order valence-corrected chi connectivity index (χ2v) is 3.34. The van der Waals surface area contributed by atoms with Gasteiger partial charge in [-0.15, -0.1) is 0 Å². The summed E-state index contributed by atoms with van der Waals surface area (Å²) in [5, 5.41) is 5.33. The normalized spacial score (nSPS) is 9.71. The Hall–Kier alpha value is -1.75. The van der Waals surface area contributed by atoms with Crippen molar-refractivity contribution < 1.29 is 14.3 Å². The first-order valence-corrected chi connectivity index (χ1v) is 5.51. The second-order valence-electron chi connectivity index (χ2n) is 3.34. The monoisotopic (exact) mass is 238 g/mol. The fraction of sp³-hybridized carbons (Fsp3) is 0.417. The Bertz CT molecular complexity index is 317. The maximum atomic E-state index is 11.2. The van der Waals surface area contributed by atoms with Crippen LogP contribution in [0.4, 0.5) is 4.79 Å². The molecule has 0 spiro atoms. The number of hydrogen-bond acceptors (Lipinski definition) is 3. The summed E-state index contributed by atoms with van der Waals surface area (Å²) in [5.41, 5.74) is 0. The largest absolute Gasteiger partial charge is 0.492 e. The van der Waals surface area contributed by atoms with Crippen molar-refractivity contribution in [3.8, 4) is 5.75 Å². The van der Waals surface area contributed by atoms with Crippen molar-refractivity contribution in [3.05, 3.63) is 30.3 Å². The number of benzene rings is 1. The summed E-state index contributed by atoms with van der Waals surface area (Å²) in [5.74, 6) is 0.800. The first-order valence-electron chi connectivity index (χ1n) is 5.51. The fourth-order valence-electron chi connectivity index (χ4n) is 1.18. The van der Waals surface area contributed by atoms with Crippen molar-refractivity contribution in [3.63, 3.8) is 0 Å². The van der Waals surface area contributed by atoms with Crippen LogP contribution in [0, 0.1) is 0 Å². The molecule has 0 saturated heterocycles. The summed E-state index contributed by atoms with van der Waals surface area (Å²) >= 11 is 0. The number of urea groups is 1. The number of para-hydroxylation sites is 1. The summed E-state index contributed by atoms with van der Waals surface area (Å²) in [7, 11) is 1.59. The van der Waals surface area contributed by atoms with Crippen LogP contribution in [0.5, 0.6) is 5.75 Å². The molecule has 0 radical (unpaired) electrons. The van der Waals surface area contributed by atoms with E-state index >= 15 is 0 Å². The van der Waals surface area contributed by atoms with Gasteiger partial charge in [0.25, 0.3) is 0 Å². The van der Waals surface area contributed by atoms with E-state index in [4.69, 9.17) is 9.47 Å². The number of carbonyl (C=O) groups excluding carboxylic acids is 1. The molecule has 2 amide bonds. The molecule has 0 aliphatic carbocycles. The average Bonchev–Trinajstić information content (AvgIpc) is 2.36. The SMILES string of the molecule is COCCNC(=O)NCCOc1ccccc1. The number of hydrogen-bond donors (Lipinski definition) is 2. The number of amides is 2. The number of methoxy groups -OCH3 is 1. The van der Waals surface area contributed by atoms with Crippen LogP contribution >= 0.6 is 0 Å². The number of rotatable bonds is 7. The van der Waals surface area contributed by atoms with E-state index in [2.05, 4.69) is 10.6 Å². The van der Waals surface area contributed by atoms with Crippen LogP contribution in [0.3, 0.4) is 0 Å². The van der Waals surface area contributed by atoms with E-state index in [1.807, 2.05) is 30.3 Å². The highest BCUT2D eigenvalue weighted by atomic mass is 16.5. The van der Waals surface area contributed by atoms with Crippen LogP contribution in [-0.4, -0.2) is 39.4 Å². The van der Waals surface area contributed by atoms with Crippen molar-refractivity contribution in [2.45, 2.75) is 0 Å². The molecule has 0 atom stereocenters. The van der Waals surface area contributed by atoms with E-state index in [1.54, 1.807) is 7.11 Å². The third-order valence-electron chi connectivity index (χ3n) is 1.99. The smallest absolute Gasteiger partial charge is 0.314 e. The van der Waals surface area contributed by atoms with E-state index in [9.17, 15) is 4.79 Å². The van der Waals surface area contributed by atoms with Gasteiger partial charge < -0.3 is 20.1 Å². The van der Waals surface area contributed by atoms with E-state index in [0.29, 0.717) is 26.3 Å². The lowest BCUT2D eigenvalue weighted by Crippen LogP contribution is -2.39. The summed E-state index contributed by atoms with van der Waals surface area (Å²) < 4.78 is 10.2. The van der Waals surface area contributed by atoms with Crippen molar-refractivity contribution >= 4 is 6.03 Å². The van der Waals surface area contributed by atoms with Gasteiger partial charge in [0.1, 0.15) is 12.4 Å². The Balaban J connectivity index is 2.02. The quantitative estimate of drug-likeness (QED) is 0.697. The number of carbonyl (C=O) groups is 1. The van der Waals surface area contributed by atoms with Crippen LogP contribution in [0.1, 0.15) is 0 Å². The molecule has 0 heterocycles. The summed E-state index contributed by atoms with van der Waals surface area (Å²) in [4.78, 5) is 11.2. The number of ether oxygens (including phenoxy) is 2. The van der Waals surface area contributed by atoms with Crippen LogP contribution in [-0.2, 0) is 4.74 Å². The standard InChI is InChI=1S/C12H18N2O3/c1-16-9-7-13-12(15)14-8-10-17-11-5-3-2-4-6-11/h2-6H,7-10H2,1H3,(H2,13,14,15). The third kappa shape index (κ3) is 6.42. The van der Waals surface area contributed by atoms with Crippen LogP contribution in [0.25, 0.3) is 0 Å². The second kappa shape index (κ2) is 8.41. The minimum atomic E-state index is -0.210. The van der Waals surface area contributed by atoms with Gasteiger partial charge in [-0.05, 0) is 12.1 Å². The lowest BCUT2D eigenvalue weighted by atomic mass is 10.3. The molecule has 1 aromatic rings. The van der Waals surface area contributed by atoms with Gasteiger partial charge in [-0.2, -0.15) is 0 Å². The minimum absolute atomic E-state index is 0.210. The van der Waals surface area contributed by atoms with Crippen molar-refractivity contribution in [2.75, 3.05) is 33.4 Å². The summed E-state index contributed by atoms with van der Waals surface area (Å²) in [6, 6.07) is 9.27. The van der Waals surface area contributed by atoms with Crippen LogP contribution in [0.15, 0.2) is 30.3 Å². The molecule has 1 rings (SSSR count). The van der Waals surface area contributed by atoms with Crippen molar-refractivity contribution in [1.82, 2.24) is 10.6 Å². The lowest BCUT2D eigenvalue weighted by molar-refractivity contribution is 0.195. The Morgan fingerprint density at radius 1 is 1.12 bits per heavy atom. The van der Waals surface area contributed by atoms with Gasteiger partial charge in [-0.3, -0.25) is 0 Å². The third-order valence-corrected chi connectivity index (χ3v) is 1.99. The molecule has 0 aliphatic rings. The Morgan fingerprint density at radius 2 is 1.76 bits per heavy atom. The minimum Gasteiger partial charge on any atom is -0.492 e. The zero-order chi connectivity index (χ0) is 12.3. The molecule has 0 unspecified atom stereocenters. The van der Waals surface area contributed by atoms with Gasteiger partial charge in [0.05, 0.1) is 13.2 Å². The van der Waals surface area contributed by atoms with E-state index < -0.39 is 0 Å². The highest BCUT2D eigenvalue weighted by molar-refractivity contribution is 5.73. The van der Waals surface area contributed by atoms with E-state index in [0.717, 1.165) is 5.75 Å². The predicted octanol–water partition coefficient (Wildman–Crippen LogP) is 1.01. The fourth-order valence-corrected chi connectivity index (χ4v) is 1.18. The van der Waals surface area contributed by atoms with Gasteiger partial charge in [-0.25, -0.2) is 4.79 Å². The Labute approximate surface area is 101 Å². The molecule has 0 bridgehead atoms. The molecular weight excluding hydrogens is 220 g/mol. The van der Waals surface area contributed by atoms with Crippen LogP contribution < -0.4 is 15.4 Å². The summed E-state index contributed by atoms with van der Waals surface area (Å²) in [6.45, 7) is 1.92. The topological polar surface area (TPSA) is 59.6 Å². The maximum Gasteiger partial charge on any atom is 0.314 e. The van der Waals surface area contributed by atoms with Gasteiger partial charge in [-0.1, -0.05) is 18.2 Å². The molecule has 5 nitrogen and oxygen atoms in total. The molecule has 0 aliphatic heterocycles. The molecule has 0 saturated carbocycles. The maximum absolute atomic E-state index is 11.2. The molecular formula is C12H18N2O3. The Morgan fingerprint density at radius 3 is 2.41 bits per heavy atom. The van der Waals surface area contributed by atoms with Gasteiger partial charge in [0, 0.05) is 13.7 Å². The first kappa shape index (κ1) is 13.3. The van der Waals surface area contributed by atoms with Crippen LogP contribution in [0.2, 0.25) is 0 Å². The molecule has 94 valence electrons. The molecule has 0 aromatic heterocycles. The first-order chi connectivity index (χ1) is 8.33. The Kier molecular flexibility index (Phi) is 6.59. The lowest BCUT2D eigenvalue weighted by Gasteiger charge is -2.08. The summed E-state index contributed by atoms with van der Waals surface area (Å²) in [6.07, 6.45) is 0. The molecule has 0 fully saturated rings. The zero-order valence-electron chi connectivity index (χ0n) is 9.94. The van der Waals surface area contributed by atoms with Gasteiger partial charge in [0.2, 0.25) is 0 Å². The molecule has 2 N–H and O–H groups in total.